The smallest absolute Gasteiger partial charge is 0.301 e. The molecule has 0 saturated heterocycles. The Kier molecular flexibility index (Phi) is 2.77. The van der Waals surface area contributed by atoms with Gasteiger partial charge in [0.05, 0.1) is 0 Å². The van der Waals surface area contributed by atoms with Gasteiger partial charge in [-0.15, -0.1) is 0 Å². The van der Waals surface area contributed by atoms with Crippen molar-refractivity contribution in [2.75, 3.05) is 0 Å². The molecule has 4 heteroatoms. The second kappa shape index (κ2) is 4.06. The van der Waals surface area contributed by atoms with Gasteiger partial charge in [0, 0.05) is 23.9 Å². The van der Waals surface area contributed by atoms with Crippen LogP contribution >= 0.6 is 15.9 Å². The van der Waals surface area contributed by atoms with Gasteiger partial charge in [0.1, 0.15) is 5.75 Å². The summed E-state index contributed by atoms with van der Waals surface area (Å²) in [7, 11) is 1.90. The number of imidazole rings is 1. The molecule has 0 fully saturated rings. The molecule has 1 aromatic carbocycles. The molecule has 1 aromatic heterocycles. The molecule has 0 N–H and O–H groups in total. The van der Waals surface area contributed by atoms with Crippen LogP contribution in [0.5, 0.6) is 11.8 Å². The van der Waals surface area contributed by atoms with Gasteiger partial charge in [-0.05, 0) is 24.6 Å². The molecular weight excluding hydrogens is 256 g/mol. The quantitative estimate of drug-likeness (QED) is 0.834. The molecule has 0 aliphatic carbocycles. The molecule has 0 saturated carbocycles. The summed E-state index contributed by atoms with van der Waals surface area (Å²) in [5.74, 6) is 0.818. The first kappa shape index (κ1) is 10.2. The van der Waals surface area contributed by atoms with Crippen molar-refractivity contribution in [1.29, 1.82) is 0 Å². The van der Waals surface area contributed by atoms with Gasteiger partial charge < -0.3 is 9.30 Å². The van der Waals surface area contributed by atoms with E-state index in [1.807, 2.05) is 42.9 Å². The van der Waals surface area contributed by atoms with Crippen molar-refractivity contribution in [3.8, 4) is 11.8 Å². The highest BCUT2D eigenvalue weighted by Crippen LogP contribution is 2.26. The number of ether oxygens (including phenoxy) is 1. The van der Waals surface area contributed by atoms with Crippen molar-refractivity contribution in [1.82, 2.24) is 9.55 Å². The van der Waals surface area contributed by atoms with Crippen LogP contribution in [0.15, 0.2) is 35.1 Å². The highest BCUT2D eigenvalue weighted by molar-refractivity contribution is 9.10. The van der Waals surface area contributed by atoms with E-state index in [9.17, 15) is 0 Å². The average Bonchev–Trinajstić information content (AvgIpc) is 2.58. The molecule has 0 spiro atoms. The highest BCUT2D eigenvalue weighted by atomic mass is 79.9. The van der Waals surface area contributed by atoms with Gasteiger partial charge in [0.2, 0.25) is 0 Å². The van der Waals surface area contributed by atoms with Gasteiger partial charge in [0.15, 0.2) is 0 Å². The molecule has 78 valence electrons. The summed E-state index contributed by atoms with van der Waals surface area (Å²) in [6.07, 6.45) is 3.56. The van der Waals surface area contributed by atoms with E-state index in [0.717, 1.165) is 15.8 Å². The Hall–Kier alpha value is -1.29. The Morgan fingerprint density at radius 2 is 2.20 bits per heavy atom. The van der Waals surface area contributed by atoms with Crippen molar-refractivity contribution in [2.24, 2.45) is 7.05 Å². The third-order valence-electron chi connectivity index (χ3n) is 2.13. The number of nitrogens with zero attached hydrogens (tertiary/aromatic N) is 2. The van der Waals surface area contributed by atoms with Crippen LogP contribution in [0, 0.1) is 6.92 Å². The Morgan fingerprint density at radius 3 is 2.87 bits per heavy atom. The maximum absolute atomic E-state index is 5.68. The van der Waals surface area contributed by atoms with Gasteiger partial charge in [-0.25, -0.2) is 4.98 Å². The number of hydrogen-bond acceptors (Lipinski definition) is 2. The molecule has 2 aromatic rings. The third-order valence-corrected chi connectivity index (χ3v) is 2.62. The fourth-order valence-corrected chi connectivity index (χ4v) is 1.57. The molecule has 2 rings (SSSR count). The van der Waals surface area contributed by atoms with Crippen LogP contribution < -0.4 is 4.74 Å². The van der Waals surface area contributed by atoms with E-state index < -0.39 is 0 Å². The number of halogens is 1. The molecule has 0 radical (unpaired) electrons. The zero-order chi connectivity index (χ0) is 10.8. The number of hydrogen-bond donors (Lipinski definition) is 0. The molecule has 0 atom stereocenters. The minimum absolute atomic E-state index is 0.594. The number of rotatable bonds is 2. The summed E-state index contributed by atoms with van der Waals surface area (Å²) in [6, 6.07) is 6.52. The van der Waals surface area contributed by atoms with Gasteiger partial charge in [-0.1, -0.05) is 22.0 Å². The summed E-state index contributed by atoms with van der Waals surface area (Å²) < 4.78 is 8.51. The Bertz CT molecular complexity index is 479. The van der Waals surface area contributed by atoms with E-state index in [4.69, 9.17) is 4.74 Å². The maximum Gasteiger partial charge on any atom is 0.301 e. The first-order valence-electron chi connectivity index (χ1n) is 4.58. The summed E-state index contributed by atoms with van der Waals surface area (Å²) >= 11 is 3.41. The number of aryl methyl sites for hydroxylation is 2. The second-order valence-corrected chi connectivity index (χ2v) is 4.25. The SMILES string of the molecule is Cc1ccc(Br)cc1Oc1nccn1C. The van der Waals surface area contributed by atoms with Crippen LogP contribution in [0.4, 0.5) is 0 Å². The standard InChI is InChI=1S/C11H11BrN2O/c1-8-3-4-9(12)7-10(8)15-11-13-5-6-14(11)2/h3-7H,1-2H3. The molecule has 0 aliphatic heterocycles. The van der Waals surface area contributed by atoms with E-state index in [-0.39, 0.29) is 0 Å². The predicted octanol–water partition coefficient (Wildman–Crippen LogP) is 3.28. The monoisotopic (exact) mass is 266 g/mol. The van der Waals surface area contributed by atoms with E-state index in [2.05, 4.69) is 20.9 Å². The Balaban J connectivity index is 2.32. The van der Waals surface area contributed by atoms with E-state index in [1.165, 1.54) is 0 Å². The lowest BCUT2D eigenvalue weighted by atomic mass is 10.2. The summed E-state index contributed by atoms with van der Waals surface area (Å²) in [5, 5.41) is 0. The zero-order valence-electron chi connectivity index (χ0n) is 8.57. The molecule has 0 aliphatic rings. The van der Waals surface area contributed by atoms with Gasteiger partial charge in [0.25, 0.3) is 0 Å². The topological polar surface area (TPSA) is 27.1 Å². The van der Waals surface area contributed by atoms with Crippen LogP contribution in [-0.4, -0.2) is 9.55 Å². The summed E-state index contributed by atoms with van der Waals surface area (Å²) in [6.45, 7) is 2.00. The molecule has 15 heavy (non-hydrogen) atoms. The predicted molar refractivity (Wildman–Crippen MR) is 62.2 cm³/mol. The van der Waals surface area contributed by atoms with Gasteiger partial charge >= 0.3 is 6.01 Å². The molecule has 0 bridgehead atoms. The van der Waals surface area contributed by atoms with Crippen molar-refractivity contribution in [3.05, 3.63) is 40.6 Å². The maximum atomic E-state index is 5.68. The first-order valence-corrected chi connectivity index (χ1v) is 5.37. The summed E-state index contributed by atoms with van der Waals surface area (Å²) in [5.41, 5.74) is 1.08. The van der Waals surface area contributed by atoms with Crippen molar-refractivity contribution >= 4 is 15.9 Å². The lowest BCUT2D eigenvalue weighted by Gasteiger charge is -2.07. The van der Waals surface area contributed by atoms with Crippen LogP contribution in [0.2, 0.25) is 0 Å². The third kappa shape index (κ3) is 2.21. The average molecular weight is 267 g/mol. The normalized spacial score (nSPS) is 10.3. The molecule has 1 heterocycles. The fraction of sp³-hybridized carbons (Fsp3) is 0.182. The van der Waals surface area contributed by atoms with Gasteiger partial charge in [-0.2, -0.15) is 0 Å². The lowest BCUT2D eigenvalue weighted by molar-refractivity contribution is 0.422. The minimum Gasteiger partial charge on any atom is -0.425 e. The zero-order valence-corrected chi connectivity index (χ0v) is 10.2. The lowest BCUT2D eigenvalue weighted by Crippen LogP contribution is -1.94. The molecular formula is C11H11BrN2O. The van der Waals surface area contributed by atoms with Crippen molar-refractivity contribution in [2.45, 2.75) is 6.92 Å². The second-order valence-electron chi connectivity index (χ2n) is 3.33. The Labute approximate surface area is 96.8 Å². The van der Waals surface area contributed by atoms with E-state index in [0.29, 0.717) is 6.01 Å². The van der Waals surface area contributed by atoms with Crippen LogP contribution in [0.1, 0.15) is 5.56 Å². The van der Waals surface area contributed by atoms with Gasteiger partial charge in [-0.3, -0.25) is 0 Å². The molecule has 0 unspecified atom stereocenters. The summed E-state index contributed by atoms with van der Waals surface area (Å²) in [4.78, 5) is 4.11. The van der Waals surface area contributed by atoms with E-state index in [1.54, 1.807) is 6.20 Å². The van der Waals surface area contributed by atoms with Crippen LogP contribution in [0.25, 0.3) is 0 Å². The Morgan fingerprint density at radius 1 is 1.40 bits per heavy atom. The minimum atomic E-state index is 0.594. The highest BCUT2D eigenvalue weighted by Gasteiger charge is 2.05. The first-order chi connectivity index (χ1) is 7.16. The number of benzene rings is 1. The fourth-order valence-electron chi connectivity index (χ4n) is 1.23. The number of aromatic nitrogens is 2. The largest absolute Gasteiger partial charge is 0.425 e. The van der Waals surface area contributed by atoms with E-state index >= 15 is 0 Å². The molecule has 0 amide bonds. The van der Waals surface area contributed by atoms with Crippen molar-refractivity contribution in [3.63, 3.8) is 0 Å². The van der Waals surface area contributed by atoms with Crippen molar-refractivity contribution < 1.29 is 4.74 Å². The molecule has 3 nitrogen and oxygen atoms in total. The van der Waals surface area contributed by atoms with Crippen LogP contribution in [0.3, 0.4) is 0 Å². The van der Waals surface area contributed by atoms with Crippen LogP contribution in [-0.2, 0) is 7.05 Å².